The summed E-state index contributed by atoms with van der Waals surface area (Å²) < 4.78 is 17.2. The lowest BCUT2D eigenvalue weighted by molar-refractivity contribution is -0.174. The molecule has 7 nitrogen and oxygen atoms in total. The lowest BCUT2D eigenvalue weighted by atomic mass is 9.49. The summed E-state index contributed by atoms with van der Waals surface area (Å²) in [6.07, 6.45) is 3.39. The van der Waals surface area contributed by atoms with Crippen molar-refractivity contribution in [1.29, 1.82) is 0 Å². The van der Waals surface area contributed by atoms with E-state index >= 15 is 0 Å². The van der Waals surface area contributed by atoms with Gasteiger partial charge in [0.05, 0.1) is 30.7 Å². The van der Waals surface area contributed by atoms with E-state index in [1.165, 1.54) is 0 Å². The van der Waals surface area contributed by atoms with Crippen LogP contribution < -0.4 is 0 Å². The maximum Gasteiger partial charge on any atom is 0.339 e. The van der Waals surface area contributed by atoms with E-state index in [4.69, 9.17) is 13.9 Å². The summed E-state index contributed by atoms with van der Waals surface area (Å²) in [6.45, 7) is 2.00. The molecule has 5 rings (SSSR count). The second-order valence-corrected chi connectivity index (χ2v) is 8.51. The molecule has 1 aromatic heterocycles. The molecular weight excluding hydrogens is 340 g/mol. The van der Waals surface area contributed by atoms with Crippen molar-refractivity contribution in [2.45, 2.75) is 56.5 Å². The molecule has 2 saturated carbocycles. The zero-order chi connectivity index (χ0) is 18.3. The third-order valence-corrected chi connectivity index (χ3v) is 7.41. The number of carbonyl (C=O) groups is 2. The van der Waals surface area contributed by atoms with Gasteiger partial charge in [0.2, 0.25) is 0 Å². The van der Waals surface area contributed by atoms with Crippen LogP contribution in [0.4, 0.5) is 0 Å². The molecule has 3 unspecified atom stereocenters. The SMILES string of the molecule is C[C@@]12CC(c3ccoc3)O[C@@]13C[C@@H](OC3=O)[C@@H]1C(C(=O)O)CC(O)C[C@H]12. The van der Waals surface area contributed by atoms with Gasteiger partial charge in [-0.1, -0.05) is 6.92 Å². The maximum absolute atomic E-state index is 12.9. The Morgan fingerprint density at radius 1 is 1.31 bits per heavy atom. The number of carboxylic acid groups (broad SMARTS) is 1. The molecule has 3 heterocycles. The number of furan rings is 1. The fourth-order valence-electron chi connectivity index (χ4n) is 6.23. The summed E-state index contributed by atoms with van der Waals surface area (Å²) in [4.78, 5) is 24.8. The number of aliphatic hydroxyl groups excluding tert-OH is 1. The third kappa shape index (κ3) is 1.85. The average molecular weight is 362 g/mol. The number of ether oxygens (including phenoxy) is 2. The zero-order valence-corrected chi connectivity index (χ0v) is 14.5. The minimum absolute atomic E-state index is 0.144. The minimum Gasteiger partial charge on any atom is -0.481 e. The molecule has 2 saturated heterocycles. The summed E-state index contributed by atoms with van der Waals surface area (Å²) in [5, 5.41) is 20.1. The summed E-state index contributed by atoms with van der Waals surface area (Å²) in [5.41, 5.74) is -0.784. The van der Waals surface area contributed by atoms with E-state index in [1.54, 1.807) is 12.5 Å². The Kier molecular flexibility index (Phi) is 3.20. The molecule has 2 N–H and O–H groups in total. The van der Waals surface area contributed by atoms with Crippen LogP contribution >= 0.6 is 0 Å². The van der Waals surface area contributed by atoms with E-state index in [-0.39, 0.29) is 30.3 Å². The van der Waals surface area contributed by atoms with Gasteiger partial charge in [0.1, 0.15) is 6.10 Å². The first-order valence-electron chi connectivity index (χ1n) is 9.17. The molecule has 4 fully saturated rings. The van der Waals surface area contributed by atoms with E-state index in [0.717, 1.165) is 5.56 Å². The molecule has 0 aromatic carbocycles. The van der Waals surface area contributed by atoms with E-state index in [9.17, 15) is 19.8 Å². The van der Waals surface area contributed by atoms with Crippen molar-refractivity contribution < 1.29 is 33.7 Å². The second-order valence-electron chi connectivity index (χ2n) is 8.51. The van der Waals surface area contributed by atoms with Crippen molar-refractivity contribution in [1.82, 2.24) is 0 Å². The first-order valence-corrected chi connectivity index (χ1v) is 9.17. The van der Waals surface area contributed by atoms with Gasteiger partial charge in [-0.25, -0.2) is 4.79 Å². The van der Waals surface area contributed by atoms with Gasteiger partial charge < -0.3 is 24.1 Å². The quantitative estimate of drug-likeness (QED) is 0.774. The van der Waals surface area contributed by atoms with Gasteiger partial charge >= 0.3 is 11.9 Å². The van der Waals surface area contributed by atoms with E-state index in [0.29, 0.717) is 19.3 Å². The Bertz CT molecular complexity index is 758. The largest absolute Gasteiger partial charge is 0.481 e. The molecule has 2 aliphatic heterocycles. The molecule has 2 aliphatic carbocycles. The number of hydrogen-bond acceptors (Lipinski definition) is 6. The van der Waals surface area contributed by atoms with E-state index in [1.807, 2.05) is 13.0 Å². The molecule has 8 atom stereocenters. The molecular formula is C19H22O7. The first-order chi connectivity index (χ1) is 12.4. The van der Waals surface area contributed by atoms with Crippen molar-refractivity contribution in [2.24, 2.45) is 23.2 Å². The highest BCUT2D eigenvalue weighted by molar-refractivity contribution is 5.85. The topological polar surface area (TPSA) is 106 Å². The number of esters is 1. The summed E-state index contributed by atoms with van der Waals surface area (Å²) in [7, 11) is 0. The van der Waals surface area contributed by atoms with Crippen LogP contribution in [0.1, 0.15) is 44.3 Å². The normalized spacial score (nSPS) is 49.4. The van der Waals surface area contributed by atoms with Gasteiger partial charge in [-0.05, 0) is 31.2 Å². The van der Waals surface area contributed by atoms with Crippen LogP contribution in [-0.2, 0) is 19.1 Å². The van der Waals surface area contributed by atoms with Crippen LogP contribution in [0, 0.1) is 23.2 Å². The van der Waals surface area contributed by atoms with Gasteiger partial charge in [-0.15, -0.1) is 0 Å². The molecule has 7 heteroatoms. The molecule has 1 spiro atoms. The molecule has 2 bridgehead atoms. The Labute approximate surface area is 150 Å². The van der Waals surface area contributed by atoms with E-state index < -0.39 is 35.1 Å². The molecule has 0 amide bonds. The number of hydrogen-bond donors (Lipinski definition) is 2. The summed E-state index contributed by atoms with van der Waals surface area (Å²) in [6, 6.07) is 1.83. The second kappa shape index (κ2) is 5.10. The zero-order valence-electron chi connectivity index (χ0n) is 14.5. The summed E-state index contributed by atoms with van der Waals surface area (Å²) >= 11 is 0. The van der Waals surface area contributed by atoms with Crippen molar-refractivity contribution >= 4 is 11.9 Å². The number of aliphatic hydroxyl groups is 1. The fraction of sp³-hybridized carbons (Fsp3) is 0.684. The van der Waals surface area contributed by atoms with E-state index in [2.05, 4.69) is 0 Å². The first kappa shape index (κ1) is 16.3. The monoisotopic (exact) mass is 362 g/mol. The summed E-state index contributed by atoms with van der Waals surface area (Å²) in [5.74, 6) is -2.45. The molecule has 26 heavy (non-hydrogen) atoms. The van der Waals surface area contributed by atoms with Gasteiger partial charge in [-0.3, -0.25) is 4.79 Å². The highest BCUT2D eigenvalue weighted by Gasteiger charge is 2.76. The van der Waals surface area contributed by atoms with Crippen molar-refractivity contribution in [2.75, 3.05) is 0 Å². The number of aliphatic carboxylic acids is 1. The smallest absolute Gasteiger partial charge is 0.339 e. The van der Waals surface area contributed by atoms with Crippen LogP contribution in [0.2, 0.25) is 0 Å². The van der Waals surface area contributed by atoms with Gasteiger partial charge in [0.25, 0.3) is 0 Å². The molecule has 1 aromatic rings. The minimum atomic E-state index is -1.07. The number of fused-ring (bicyclic) bond motifs is 4. The predicted octanol–water partition coefficient (Wildman–Crippen LogP) is 1.90. The van der Waals surface area contributed by atoms with Gasteiger partial charge in [-0.2, -0.15) is 0 Å². The van der Waals surface area contributed by atoms with Gasteiger partial charge in [0.15, 0.2) is 5.60 Å². The van der Waals surface area contributed by atoms with Crippen LogP contribution in [0.15, 0.2) is 23.0 Å². The number of carboxylic acids is 1. The Morgan fingerprint density at radius 3 is 2.81 bits per heavy atom. The number of carbonyl (C=O) groups excluding carboxylic acids is 1. The van der Waals surface area contributed by atoms with Crippen molar-refractivity contribution in [3.05, 3.63) is 24.2 Å². The molecule has 140 valence electrons. The Hall–Kier alpha value is -1.86. The Balaban J connectivity index is 1.61. The highest BCUT2D eigenvalue weighted by Crippen LogP contribution is 2.68. The third-order valence-electron chi connectivity index (χ3n) is 7.41. The number of rotatable bonds is 2. The highest BCUT2D eigenvalue weighted by atomic mass is 16.6. The van der Waals surface area contributed by atoms with Crippen LogP contribution in [0.3, 0.4) is 0 Å². The predicted molar refractivity (Wildman–Crippen MR) is 85.8 cm³/mol. The molecule has 4 aliphatic rings. The fourth-order valence-corrected chi connectivity index (χ4v) is 6.23. The van der Waals surface area contributed by atoms with Crippen LogP contribution in [-0.4, -0.2) is 40.0 Å². The standard InChI is InChI=1S/C19H22O7/c1-18-6-13(9-2-3-24-8-9)26-19(18)7-14(25-17(19)23)15-11(16(21)22)4-10(20)5-12(15)18/h2-3,8,10-15,20H,4-7H2,1H3,(H,21,22)/t10?,11?,12-,13?,14-,15-,18+,19-/m1/s1. The Morgan fingerprint density at radius 2 is 2.12 bits per heavy atom. The van der Waals surface area contributed by atoms with Crippen LogP contribution in [0.5, 0.6) is 0 Å². The molecule has 0 radical (unpaired) electrons. The van der Waals surface area contributed by atoms with Crippen molar-refractivity contribution in [3.8, 4) is 0 Å². The van der Waals surface area contributed by atoms with Crippen LogP contribution in [0.25, 0.3) is 0 Å². The lowest BCUT2D eigenvalue weighted by Crippen LogP contribution is -2.60. The maximum atomic E-state index is 12.9. The lowest BCUT2D eigenvalue weighted by Gasteiger charge is -2.53. The average Bonchev–Trinajstić information content (AvgIpc) is 3.27. The van der Waals surface area contributed by atoms with Gasteiger partial charge in [0, 0.05) is 23.3 Å². The van der Waals surface area contributed by atoms with Crippen molar-refractivity contribution in [3.63, 3.8) is 0 Å².